The van der Waals surface area contributed by atoms with Crippen molar-refractivity contribution in [1.82, 2.24) is 5.32 Å². The largest absolute Gasteiger partial charge is 0.492 e. The second kappa shape index (κ2) is 16.1. The third-order valence-corrected chi connectivity index (χ3v) is 8.30. The summed E-state index contributed by atoms with van der Waals surface area (Å²) in [4.78, 5) is 40.9. The van der Waals surface area contributed by atoms with E-state index < -0.39 is 11.2 Å². The fourth-order valence-electron chi connectivity index (χ4n) is 4.77. The van der Waals surface area contributed by atoms with Crippen molar-refractivity contribution in [3.05, 3.63) is 161 Å². The van der Waals surface area contributed by atoms with Gasteiger partial charge in [0.1, 0.15) is 16.7 Å². The van der Waals surface area contributed by atoms with Gasteiger partial charge in [0, 0.05) is 16.1 Å². The second-order valence-electron chi connectivity index (χ2n) is 10.6. The molecular weight excluding hydrogens is 607 g/mol. The molecule has 1 unspecified atom stereocenters. The molecule has 1 atom stereocenters. The van der Waals surface area contributed by atoms with Crippen LogP contribution in [0.3, 0.4) is 0 Å². The summed E-state index contributed by atoms with van der Waals surface area (Å²) in [5.41, 5.74) is 4.35. The lowest BCUT2D eigenvalue weighted by Gasteiger charge is -2.19. The number of carbonyl (C=O) groups is 3. The predicted octanol–water partition coefficient (Wildman–Crippen LogP) is 8.28. The molecule has 3 amide bonds. The average molecular weight is 642 g/mol. The van der Waals surface area contributed by atoms with Gasteiger partial charge >= 0.3 is 0 Å². The zero-order chi connectivity index (χ0) is 33.0. The molecule has 0 fully saturated rings. The van der Waals surface area contributed by atoms with Gasteiger partial charge in [0.2, 0.25) is 5.91 Å². The lowest BCUT2D eigenvalue weighted by atomic mass is 10.1. The van der Waals surface area contributed by atoms with Crippen molar-refractivity contribution >= 4 is 46.9 Å². The van der Waals surface area contributed by atoms with E-state index in [2.05, 4.69) is 16.0 Å². The molecule has 7 nitrogen and oxygen atoms in total. The Morgan fingerprint density at radius 2 is 1.45 bits per heavy atom. The van der Waals surface area contributed by atoms with Crippen LogP contribution in [0.2, 0.25) is 0 Å². The number of anilines is 2. The van der Waals surface area contributed by atoms with Gasteiger partial charge < -0.3 is 20.7 Å². The van der Waals surface area contributed by atoms with E-state index in [0.717, 1.165) is 21.6 Å². The lowest BCUT2D eigenvalue weighted by molar-refractivity contribution is -0.116. The number of ether oxygens (including phenoxy) is 1. The third-order valence-electron chi connectivity index (χ3n) is 7.03. The number of aryl methyl sites for hydroxylation is 1. The van der Waals surface area contributed by atoms with Crippen molar-refractivity contribution in [2.24, 2.45) is 0 Å². The number of amides is 3. The Bertz CT molecular complexity index is 1860. The van der Waals surface area contributed by atoms with Gasteiger partial charge in [-0.15, -0.1) is 11.8 Å². The Labute approximate surface area is 279 Å². The Hall–Kier alpha value is -5.60. The summed E-state index contributed by atoms with van der Waals surface area (Å²) in [6.07, 6.45) is 1.65. The van der Waals surface area contributed by atoms with Gasteiger partial charge in [0.05, 0.1) is 12.3 Å². The number of thioether (sulfide) groups is 1. The van der Waals surface area contributed by atoms with E-state index in [1.54, 1.807) is 42.5 Å². The lowest BCUT2D eigenvalue weighted by Crippen LogP contribution is -2.30. The van der Waals surface area contributed by atoms with Crippen LogP contribution in [0, 0.1) is 6.92 Å². The highest BCUT2D eigenvalue weighted by atomic mass is 32.2. The van der Waals surface area contributed by atoms with E-state index >= 15 is 0 Å². The van der Waals surface area contributed by atoms with E-state index in [9.17, 15) is 14.4 Å². The van der Waals surface area contributed by atoms with Crippen LogP contribution in [0.1, 0.15) is 39.2 Å². The van der Waals surface area contributed by atoms with Gasteiger partial charge in [-0.25, -0.2) is 0 Å². The zero-order valence-electron chi connectivity index (χ0n) is 26.1. The van der Waals surface area contributed by atoms with Crippen LogP contribution in [-0.2, 0) is 9.59 Å². The van der Waals surface area contributed by atoms with E-state index in [-0.39, 0.29) is 17.5 Å². The Morgan fingerprint density at radius 1 is 0.766 bits per heavy atom. The van der Waals surface area contributed by atoms with Crippen LogP contribution in [0.5, 0.6) is 5.75 Å². The first-order chi connectivity index (χ1) is 22.9. The standard InChI is InChI=1S/C39H35N3O4S/c1-3-46-35-20-11-10-19-33(35)41-39(45)36(29-15-6-4-7-16-29)47-32-23-21-31(22-24-32)40-38(44)34(26-28-14-12-13-27(2)25-28)42-37(43)30-17-8-5-9-18-30/h4-26,36H,3H2,1-2H3,(H,40,44)(H,41,45)(H,42,43)/b34-26-. The Kier molecular flexibility index (Phi) is 11.2. The molecule has 47 heavy (non-hydrogen) atoms. The highest BCUT2D eigenvalue weighted by Gasteiger charge is 2.23. The maximum absolute atomic E-state index is 13.6. The molecular formula is C39H35N3O4S. The number of benzene rings is 5. The molecule has 0 aliphatic heterocycles. The first-order valence-corrected chi connectivity index (χ1v) is 16.1. The number of hydrogen-bond donors (Lipinski definition) is 3. The molecule has 8 heteroatoms. The first-order valence-electron chi connectivity index (χ1n) is 15.2. The van der Waals surface area contributed by atoms with Gasteiger partial charge in [-0.05, 0) is 79.6 Å². The summed E-state index contributed by atoms with van der Waals surface area (Å²) in [5, 5.41) is 8.15. The first kappa shape index (κ1) is 32.8. The minimum atomic E-state index is -0.552. The summed E-state index contributed by atoms with van der Waals surface area (Å²) >= 11 is 1.40. The quantitative estimate of drug-likeness (QED) is 0.0941. The topological polar surface area (TPSA) is 96.5 Å². The van der Waals surface area contributed by atoms with Gasteiger partial charge in [-0.2, -0.15) is 0 Å². The molecule has 5 aromatic rings. The number of para-hydroxylation sites is 2. The summed E-state index contributed by atoms with van der Waals surface area (Å²) in [5.74, 6) is -0.437. The van der Waals surface area contributed by atoms with Crippen LogP contribution in [0.4, 0.5) is 11.4 Å². The molecule has 5 rings (SSSR count). The Morgan fingerprint density at radius 3 is 2.15 bits per heavy atom. The highest BCUT2D eigenvalue weighted by molar-refractivity contribution is 8.00. The van der Waals surface area contributed by atoms with Crippen molar-refractivity contribution in [3.8, 4) is 5.75 Å². The van der Waals surface area contributed by atoms with E-state index in [1.807, 2.05) is 111 Å². The number of carbonyl (C=O) groups excluding carboxylic acids is 3. The summed E-state index contributed by atoms with van der Waals surface area (Å²) in [7, 11) is 0. The van der Waals surface area contributed by atoms with Gasteiger partial charge in [-0.1, -0.05) is 90.5 Å². The highest BCUT2D eigenvalue weighted by Crippen LogP contribution is 2.37. The van der Waals surface area contributed by atoms with Crippen molar-refractivity contribution in [1.29, 1.82) is 0 Å². The Balaban J connectivity index is 1.33. The molecule has 0 spiro atoms. The van der Waals surface area contributed by atoms with E-state index in [1.165, 1.54) is 11.8 Å². The molecule has 0 heterocycles. The molecule has 0 saturated heterocycles. The normalized spacial score (nSPS) is 11.7. The monoisotopic (exact) mass is 641 g/mol. The maximum Gasteiger partial charge on any atom is 0.272 e. The van der Waals surface area contributed by atoms with Crippen LogP contribution in [-0.4, -0.2) is 24.3 Å². The molecule has 0 radical (unpaired) electrons. The molecule has 3 N–H and O–H groups in total. The minimum Gasteiger partial charge on any atom is -0.492 e. The fraction of sp³-hybridized carbons (Fsp3) is 0.103. The smallest absolute Gasteiger partial charge is 0.272 e. The molecule has 236 valence electrons. The molecule has 0 aliphatic rings. The van der Waals surface area contributed by atoms with Crippen molar-refractivity contribution < 1.29 is 19.1 Å². The minimum absolute atomic E-state index is 0.107. The van der Waals surface area contributed by atoms with Crippen LogP contribution >= 0.6 is 11.8 Å². The zero-order valence-corrected chi connectivity index (χ0v) is 26.9. The number of nitrogens with one attached hydrogen (secondary N) is 3. The van der Waals surface area contributed by atoms with Gasteiger partial charge in [0.25, 0.3) is 11.8 Å². The van der Waals surface area contributed by atoms with Crippen LogP contribution in [0.25, 0.3) is 6.08 Å². The van der Waals surface area contributed by atoms with Crippen LogP contribution < -0.4 is 20.7 Å². The maximum atomic E-state index is 13.6. The van der Waals surface area contributed by atoms with Gasteiger partial charge in [-0.3, -0.25) is 14.4 Å². The van der Waals surface area contributed by atoms with Gasteiger partial charge in [0.15, 0.2) is 0 Å². The number of rotatable bonds is 12. The predicted molar refractivity (Wildman–Crippen MR) is 189 cm³/mol. The molecule has 0 bridgehead atoms. The van der Waals surface area contributed by atoms with Crippen molar-refractivity contribution in [2.75, 3.05) is 17.2 Å². The SMILES string of the molecule is CCOc1ccccc1NC(=O)C(Sc1ccc(NC(=O)/C(=C/c2cccc(C)c2)NC(=O)c2ccccc2)cc1)c1ccccc1. The van der Waals surface area contributed by atoms with Crippen molar-refractivity contribution in [3.63, 3.8) is 0 Å². The summed E-state index contributed by atoms with van der Waals surface area (Å²) < 4.78 is 5.70. The van der Waals surface area contributed by atoms with Crippen LogP contribution in [0.15, 0.2) is 144 Å². The van der Waals surface area contributed by atoms with E-state index in [4.69, 9.17) is 4.74 Å². The summed E-state index contributed by atoms with van der Waals surface area (Å²) in [6, 6.07) is 40.6. The molecule has 0 aliphatic carbocycles. The summed E-state index contributed by atoms with van der Waals surface area (Å²) in [6.45, 7) is 4.34. The number of hydrogen-bond acceptors (Lipinski definition) is 5. The average Bonchev–Trinajstić information content (AvgIpc) is 3.09. The molecule has 0 saturated carbocycles. The second-order valence-corrected chi connectivity index (χ2v) is 11.8. The molecule has 5 aromatic carbocycles. The van der Waals surface area contributed by atoms with Crippen molar-refractivity contribution in [2.45, 2.75) is 24.0 Å². The third kappa shape index (κ3) is 9.22. The van der Waals surface area contributed by atoms with E-state index in [0.29, 0.717) is 29.3 Å². The molecule has 0 aromatic heterocycles. The fourth-order valence-corrected chi connectivity index (χ4v) is 5.80.